The molecule has 1 amide bonds. The summed E-state index contributed by atoms with van der Waals surface area (Å²) in [5.74, 6) is -0.0314. The van der Waals surface area contributed by atoms with E-state index in [1.807, 2.05) is 6.92 Å². The number of amides is 1. The van der Waals surface area contributed by atoms with Crippen LogP contribution in [-0.2, 0) is 14.8 Å². The largest absolute Gasteiger partial charge is 0.495 e. The van der Waals surface area contributed by atoms with Gasteiger partial charge in [0, 0.05) is 30.2 Å². The Bertz CT molecular complexity index is 977. The Morgan fingerprint density at radius 1 is 1.29 bits per heavy atom. The van der Waals surface area contributed by atoms with E-state index in [-0.39, 0.29) is 10.8 Å². The molecule has 0 saturated carbocycles. The minimum atomic E-state index is -3.65. The molecule has 0 unspecified atom stereocenters. The van der Waals surface area contributed by atoms with Crippen LogP contribution in [0.15, 0.2) is 35.4 Å². The molecule has 3 rings (SSSR count). The van der Waals surface area contributed by atoms with Gasteiger partial charge in [-0.05, 0) is 43.5 Å². The summed E-state index contributed by atoms with van der Waals surface area (Å²) in [6, 6.07) is 4.87. The van der Waals surface area contributed by atoms with Crippen molar-refractivity contribution in [3.05, 3.63) is 40.9 Å². The number of methoxy groups -OCH3 is 1. The first-order valence-corrected chi connectivity index (χ1v) is 11.3. The zero-order chi connectivity index (χ0) is 20.1. The average molecular weight is 422 g/mol. The zero-order valence-electron chi connectivity index (χ0n) is 15.8. The van der Waals surface area contributed by atoms with Crippen molar-refractivity contribution in [1.29, 1.82) is 0 Å². The third-order valence-corrected chi connectivity index (χ3v) is 7.15. The molecule has 1 aromatic heterocycles. The number of anilines is 1. The van der Waals surface area contributed by atoms with E-state index in [2.05, 4.69) is 10.3 Å². The van der Waals surface area contributed by atoms with Gasteiger partial charge in [0.15, 0.2) is 5.13 Å². The van der Waals surface area contributed by atoms with Gasteiger partial charge in [-0.1, -0.05) is 12.5 Å². The standard InChI is InChI=1S/C19H23N3O4S2/c1-14-13-20-19(27-14)21-18(23)9-7-15-6-8-16(26-2)17(12-15)28(24,25)22-10-4-3-5-11-22/h6-9,12-13H,3-5,10-11H2,1-2H3,(H,20,21,23). The number of rotatable bonds is 6. The molecule has 2 aromatic rings. The highest BCUT2D eigenvalue weighted by Crippen LogP contribution is 2.30. The van der Waals surface area contributed by atoms with Crippen LogP contribution in [0.2, 0.25) is 0 Å². The van der Waals surface area contributed by atoms with Crippen LogP contribution in [0.3, 0.4) is 0 Å². The smallest absolute Gasteiger partial charge is 0.250 e. The molecule has 1 fully saturated rings. The lowest BCUT2D eigenvalue weighted by atomic mass is 10.2. The number of carbonyl (C=O) groups is 1. The third kappa shape index (κ3) is 4.78. The Balaban J connectivity index is 1.81. The Kier molecular flexibility index (Phi) is 6.48. The Hall–Kier alpha value is -2.23. The van der Waals surface area contributed by atoms with Gasteiger partial charge in [-0.25, -0.2) is 13.4 Å². The summed E-state index contributed by atoms with van der Waals surface area (Å²) in [7, 11) is -2.20. The predicted octanol–water partition coefficient (Wildman–Crippen LogP) is 3.29. The van der Waals surface area contributed by atoms with Gasteiger partial charge < -0.3 is 4.74 Å². The maximum absolute atomic E-state index is 13.0. The first-order valence-electron chi connectivity index (χ1n) is 9.00. The van der Waals surface area contributed by atoms with Crippen LogP contribution in [0.5, 0.6) is 5.75 Å². The topological polar surface area (TPSA) is 88.6 Å². The number of carbonyl (C=O) groups excluding carboxylic acids is 1. The molecule has 0 spiro atoms. The van der Waals surface area contributed by atoms with Gasteiger partial charge >= 0.3 is 0 Å². The molecule has 9 heteroatoms. The summed E-state index contributed by atoms with van der Waals surface area (Å²) in [6.07, 6.45) is 7.38. The number of hydrogen-bond donors (Lipinski definition) is 1. The Labute approximate surface area is 169 Å². The van der Waals surface area contributed by atoms with Crippen LogP contribution < -0.4 is 10.1 Å². The van der Waals surface area contributed by atoms with Gasteiger partial charge in [0.05, 0.1) is 7.11 Å². The maximum atomic E-state index is 13.0. The number of nitrogens with one attached hydrogen (secondary N) is 1. The fourth-order valence-corrected chi connectivity index (χ4v) is 5.35. The monoisotopic (exact) mass is 421 g/mol. The normalized spacial score (nSPS) is 15.6. The Morgan fingerprint density at radius 2 is 2.04 bits per heavy atom. The first-order chi connectivity index (χ1) is 13.4. The van der Waals surface area contributed by atoms with Crippen molar-refractivity contribution in [2.24, 2.45) is 0 Å². The molecule has 1 aliphatic rings. The molecule has 7 nitrogen and oxygen atoms in total. The molecular formula is C19H23N3O4S2. The van der Waals surface area contributed by atoms with E-state index < -0.39 is 10.0 Å². The van der Waals surface area contributed by atoms with Gasteiger partial charge in [-0.15, -0.1) is 11.3 Å². The van der Waals surface area contributed by atoms with Gasteiger partial charge in [-0.2, -0.15) is 4.31 Å². The molecule has 1 N–H and O–H groups in total. The van der Waals surface area contributed by atoms with E-state index >= 15 is 0 Å². The van der Waals surface area contributed by atoms with E-state index in [1.54, 1.807) is 30.5 Å². The lowest BCUT2D eigenvalue weighted by Gasteiger charge is -2.26. The summed E-state index contributed by atoms with van der Waals surface area (Å²) < 4.78 is 32.8. The van der Waals surface area contributed by atoms with Gasteiger partial charge in [0.2, 0.25) is 15.9 Å². The molecule has 0 bridgehead atoms. The molecule has 150 valence electrons. The molecule has 0 aliphatic carbocycles. The molecular weight excluding hydrogens is 398 g/mol. The van der Waals surface area contributed by atoms with Crippen LogP contribution >= 0.6 is 11.3 Å². The Morgan fingerprint density at radius 3 is 2.68 bits per heavy atom. The molecule has 28 heavy (non-hydrogen) atoms. The van der Waals surface area contributed by atoms with Crippen molar-refractivity contribution in [3.8, 4) is 5.75 Å². The lowest BCUT2D eigenvalue weighted by Crippen LogP contribution is -2.35. The number of benzene rings is 1. The minimum Gasteiger partial charge on any atom is -0.495 e. The van der Waals surface area contributed by atoms with E-state index in [9.17, 15) is 13.2 Å². The number of sulfonamides is 1. The number of piperidine rings is 1. The second-order valence-electron chi connectivity index (χ2n) is 6.47. The third-order valence-electron chi connectivity index (χ3n) is 4.40. The van der Waals surface area contributed by atoms with Crippen molar-refractivity contribution < 1.29 is 17.9 Å². The van der Waals surface area contributed by atoms with Crippen LogP contribution in [0.25, 0.3) is 6.08 Å². The van der Waals surface area contributed by atoms with Crippen LogP contribution in [-0.4, -0.2) is 43.8 Å². The minimum absolute atomic E-state index is 0.120. The highest BCUT2D eigenvalue weighted by atomic mass is 32.2. The fourth-order valence-electron chi connectivity index (χ4n) is 2.97. The van der Waals surface area contributed by atoms with E-state index in [1.165, 1.54) is 28.8 Å². The molecule has 2 heterocycles. The van der Waals surface area contributed by atoms with Crippen LogP contribution in [0.1, 0.15) is 29.7 Å². The van der Waals surface area contributed by atoms with Crippen molar-refractivity contribution in [1.82, 2.24) is 9.29 Å². The van der Waals surface area contributed by atoms with E-state index in [0.717, 1.165) is 24.1 Å². The van der Waals surface area contributed by atoms with E-state index in [0.29, 0.717) is 29.5 Å². The van der Waals surface area contributed by atoms with E-state index in [4.69, 9.17) is 4.74 Å². The number of aryl methyl sites for hydroxylation is 1. The summed E-state index contributed by atoms with van der Waals surface area (Å²) in [5, 5.41) is 3.21. The van der Waals surface area contributed by atoms with Crippen molar-refractivity contribution in [2.45, 2.75) is 31.1 Å². The first kappa shape index (κ1) is 20.5. The molecule has 0 radical (unpaired) electrons. The number of hydrogen-bond acceptors (Lipinski definition) is 6. The van der Waals surface area contributed by atoms with Crippen molar-refractivity contribution in [3.63, 3.8) is 0 Å². The summed E-state index contributed by atoms with van der Waals surface area (Å²) >= 11 is 1.39. The van der Waals surface area contributed by atoms with Gasteiger partial charge in [0.25, 0.3) is 0 Å². The van der Waals surface area contributed by atoms with Gasteiger partial charge in [0.1, 0.15) is 10.6 Å². The molecule has 1 saturated heterocycles. The summed E-state index contributed by atoms with van der Waals surface area (Å²) in [6.45, 7) is 2.94. The highest BCUT2D eigenvalue weighted by Gasteiger charge is 2.28. The number of nitrogens with zero attached hydrogens (tertiary/aromatic N) is 2. The second-order valence-corrected chi connectivity index (χ2v) is 9.61. The lowest BCUT2D eigenvalue weighted by molar-refractivity contribution is -0.111. The molecule has 1 aromatic carbocycles. The number of thiazole rings is 1. The number of aromatic nitrogens is 1. The quantitative estimate of drug-likeness (QED) is 0.723. The maximum Gasteiger partial charge on any atom is 0.250 e. The van der Waals surface area contributed by atoms with Crippen molar-refractivity contribution in [2.75, 3.05) is 25.5 Å². The number of ether oxygens (including phenoxy) is 1. The molecule has 0 atom stereocenters. The average Bonchev–Trinajstić information content (AvgIpc) is 3.11. The highest BCUT2D eigenvalue weighted by molar-refractivity contribution is 7.89. The van der Waals surface area contributed by atoms with Gasteiger partial charge in [-0.3, -0.25) is 10.1 Å². The second kappa shape index (κ2) is 8.85. The zero-order valence-corrected chi connectivity index (χ0v) is 17.5. The summed E-state index contributed by atoms with van der Waals surface area (Å²) in [4.78, 5) is 17.3. The fraction of sp³-hybridized carbons (Fsp3) is 0.368. The predicted molar refractivity (Wildman–Crippen MR) is 110 cm³/mol. The van der Waals surface area contributed by atoms with Crippen LogP contribution in [0, 0.1) is 6.92 Å². The summed E-state index contributed by atoms with van der Waals surface area (Å²) in [5.41, 5.74) is 0.599. The van der Waals surface area contributed by atoms with Crippen molar-refractivity contribution >= 4 is 38.5 Å². The van der Waals surface area contributed by atoms with Crippen LogP contribution in [0.4, 0.5) is 5.13 Å². The SMILES string of the molecule is COc1ccc(C=CC(=O)Nc2ncc(C)s2)cc1S(=O)(=O)N1CCCCC1. The molecule has 1 aliphatic heterocycles.